The molecule has 1 atom stereocenters. The molecular weight excluding hydrogens is 238 g/mol. The van der Waals surface area contributed by atoms with Gasteiger partial charge in [-0.05, 0) is 57.0 Å². The average molecular weight is 261 g/mol. The number of carbonyl (C=O) groups excluding carboxylic acids is 1. The van der Waals surface area contributed by atoms with E-state index in [1.165, 1.54) is 18.5 Å². The van der Waals surface area contributed by atoms with Gasteiger partial charge < -0.3 is 16.0 Å². The molecule has 0 saturated carbocycles. The summed E-state index contributed by atoms with van der Waals surface area (Å²) < 4.78 is 0. The van der Waals surface area contributed by atoms with Crippen LogP contribution in [0, 0.1) is 6.92 Å². The Kier molecular flexibility index (Phi) is 4.43. The Morgan fingerprint density at radius 2 is 2.32 bits per heavy atom. The van der Waals surface area contributed by atoms with Gasteiger partial charge in [-0.2, -0.15) is 0 Å². The Hall–Kier alpha value is -1.55. The van der Waals surface area contributed by atoms with Crippen LogP contribution in [0.25, 0.3) is 0 Å². The minimum Gasteiger partial charge on any atom is -0.367 e. The van der Waals surface area contributed by atoms with Gasteiger partial charge in [-0.1, -0.05) is 0 Å². The first-order valence-electron chi connectivity index (χ1n) is 7.01. The molecule has 3 N–H and O–H groups in total. The number of rotatable bonds is 4. The van der Waals surface area contributed by atoms with Crippen molar-refractivity contribution in [3.05, 3.63) is 29.3 Å². The van der Waals surface area contributed by atoms with Gasteiger partial charge in [-0.3, -0.25) is 4.79 Å². The van der Waals surface area contributed by atoms with Crippen LogP contribution in [0.1, 0.15) is 35.7 Å². The quantitative estimate of drug-likeness (QED) is 0.867. The second-order valence-corrected chi connectivity index (χ2v) is 5.15. The molecule has 2 rings (SSSR count). The maximum Gasteiger partial charge on any atom is 0.248 e. The third-order valence-corrected chi connectivity index (χ3v) is 3.84. The van der Waals surface area contributed by atoms with Gasteiger partial charge in [0.15, 0.2) is 0 Å². The zero-order chi connectivity index (χ0) is 13.8. The fourth-order valence-corrected chi connectivity index (χ4v) is 2.86. The highest BCUT2D eigenvalue weighted by Gasteiger charge is 2.21. The summed E-state index contributed by atoms with van der Waals surface area (Å²) in [5.74, 6) is -0.364. The van der Waals surface area contributed by atoms with Gasteiger partial charge >= 0.3 is 0 Å². The van der Waals surface area contributed by atoms with Crippen LogP contribution in [0.5, 0.6) is 0 Å². The summed E-state index contributed by atoms with van der Waals surface area (Å²) in [6.07, 6.45) is 2.44. The topological polar surface area (TPSA) is 58.4 Å². The Bertz CT molecular complexity index is 453. The number of nitrogens with zero attached hydrogens (tertiary/aromatic N) is 1. The number of nitrogens with one attached hydrogen (secondary N) is 1. The van der Waals surface area contributed by atoms with Gasteiger partial charge in [-0.25, -0.2) is 0 Å². The molecule has 1 aliphatic rings. The van der Waals surface area contributed by atoms with Crippen LogP contribution in [0.4, 0.5) is 5.69 Å². The lowest BCUT2D eigenvalue weighted by Gasteiger charge is -2.36. The monoisotopic (exact) mass is 261 g/mol. The van der Waals surface area contributed by atoms with Crippen molar-refractivity contribution in [2.24, 2.45) is 5.73 Å². The Morgan fingerprint density at radius 1 is 1.53 bits per heavy atom. The highest BCUT2D eigenvalue weighted by atomic mass is 16.1. The summed E-state index contributed by atoms with van der Waals surface area (Å²) in [6.45, 7) is 7.35. The van der Waals surface area contributed by atoms with E-state index < -0.39 is 0 Å². The summed E-state index contributed by atoms with van der Waals surface area (Å²) in [5.41, 5.74) is 8.23. The summed E-state index contributed by atoms with van der Waals surface area (Å²) in [5, 5.41) is 3.45. The summed E-state index contributed by atoms with van der Waals surface area (Å²) in [4.78, 5) is 13.6. The van der Waals surface area contributed by atoms with Crippen LogP contribution in [-0.4, -0.2) is 31.6 Å². The van der Waals surface area contributed by atoms with E-state index in [1.54, 1.807) is 0 Å². The lowest BCUT2D eigenvalue weighted by atomic mass is 10.0. The molecule has 1 heterocycles. The Labute approximate surface area is 115 Å². The van der Waals surface area contributed by atoms with Crippen molar-refractivity contribution in [1.82, 2.24) is 5.32 Å². The number of benzene rings is 1. The van der Waals surface area contributed by atoms with Gasteiger partial charge in [-0.15, -0.1) is 0 Å². The van der Waals surface area contributed by atoms with Crippen molar-refractivity contribution in [2.75, 3.05) is 24.5 Å². The van der Waals surface area contributed by atoms with E-state index in [0.717, 1.165) is 25.2 Å². The molecule has 19 heavy (non-hydrogen) atoms. The fourth-order valence-electron chi connectivity index (χ4n) is 2.86. The van der Waals surface area contributed by atoms with Crippen LogP contribution >= 0.6 is 0 Å². The first-order chi connectivity index (χ1) is 9.13. The van der Waals surface area contributed by atoms with Crippen molar-refractivity contribution < 1.29 is 4.79 Å². The zero-order valence-corrected chi connectivity index (χ0v) is 11.8. The molecule has 1 amide bonds. The van der Waals surface area contributed by atoms with E-state index in [-0.39, 0.29) is 5.91 Å². The summed E-state index contributed by atoms with van der Waals surface area (Å²) in [6, 6.07) is 6.27. The number of primary amides is 1. The van der Waals surface area contributed by atoms with E-state index >= 15 is 0 Å². The van der Waals surface area contributed by atoms with E-state index in [2.05, 4.69) is 17.1 Å². The highest BCUT2D eigenvalue weighted by molar-refractivity contribution is 5.93. The van der Waals surface area contributed by atoms with Crippen molar-refractivity contribution >= 4 is 11.6 Å². The Morgan fingerprint density at radius 3 is 2.84 bits per heavy atom. The minimum absolute atomic E-state index is 0.364. The number of amides is 1. The van der Waals surface area contributed by atoms with E-state index in [1.807, 2.05) is 25.1 Å². The standard InChI is InChI=1S/C15H23N3O/c1-3-18(13-5-4-8-17-10-13)14-7-6-12(15(16)19)9-11(14)2/h6-7,9,13,17H,3-5,8,10H2,1-2H3,(H2,16,19). The average Bonchev–Trinajstić information content (AvgIpc) is 2.42. The van der Waals surface area contributed by atoms with Gasteiger partial charge in [0, 0.05) is 30.4 Å². The molecule has 0 bridgehead atoms. The molecule has 1 aromatic rings. The number of hydrogen-bond acceptors (Lipinski definition) is 3. The van der Waals surface area contributed by atoms with Gasteiger partial charge in [0.25, 0.3) is 0 Å². The lowest BCUT2D eigenvalue weighted by Crippen LogP contribution is -2.46. The molecule has 0 aromatic heterocycles. The van der Waals surface area contributed by atoms with Crippen molar-refractivity contribution in [1.29, 1.82) is 0 Å². The van der Waals surface area contributed by atoms with Crippen molar-refractivity contribution in [3.63, 3.8) is 0 Å². The normalized spacial score (nSPS) is 19.2. The predicted octanol–water partition coefficient (Wildman–Crippen LogP) is 1.67. The van der Waals surface area contributed by atoms with Crippen LogP contribution in [0.15, 0.2) is 18.2 Å². The van der Waals surface area contributed by atoms with Crippen LogP contribution in [0.2, 0.25) is 0 Å². The minimum atomic E-state index is -0.364. The molecule has 104 valence electrons. The molecule has 1 saturated heterocycles. The second kappa shape index (κ2) is 6.06. The van der Waals surface area contributed by atoms with E-state index in [9.17, 15) is 4.79 Å². The van der Waals surface area contributed by atoms with Gasteiger partial charge in [0.1, 0.15) is 0 Å². The lowest BCUT2D eigenvalue weighted by molar-refractivity contribution is 0.1000. The van der Waals surface area contributed by atoms with Gasteiger partial charge in [0.2, 0.25) is 5.91 Å². The summed E-state index contributed by atoms with van der Waals surface area (Å²) in [7, 11) is 0. The molecule has 1 unspecified atom stereocenters. The molecule has 1 fully saturated rings. The first-order valence-corrected chi connectivity index (χ1v) is 7.01. The van der Waals surface area contributed by atoms with Crippen molar-refractivity contribution in [3.8, 4) is 0 Å². The highest BCUT2D eigenvalue weighted by Crippen LogP contribution is 2.25. The number of piperidine rings is 1. The molecule has 0 radical (unpaired) electrons. The van der Waals surface area contributed by atoms with Gasteiger partial charge in [0.05, 0.1) is 0 Å². The number of aryl methyl sites for hydroxylation is 1. The molecule has 4 heteroatoms. The molecule has 0 spiro atoms. The van der Waals surface area contributed by atoms with Crippen molar-refractivity contribution in [2.45, 2.75) is 32.7 Å². The van der Waals surface area contributed by atoms with Crippen LogP contribution in [-0.2, 0) is 0 Å². The van der Waals surface area contributed by atoms with Crippen LogP contribution < -0.4 is 16.0 Å². The number of likely N-dealkylation sites (N-methyl/N-ethyl adjacent to an activating group) is 1. The van der Waals surface area contributed by atoms with Crippen LogP contribution in [0.3, 0.4) is 0 Å². The largest absolute Gasteiger partial charge is 0.367 e. The third-order valence-electron chi connectivity index (χ3n) is 3.84. The molecular formula is C15H23N3O. The number of carbonyl (C=O) groups is 1. The fraction of sp³-hybridized carbons (Fsp3) is 0.533. The van der Waals surface area contributed by atoms with E-state index in [0.29, 0.717) is 11.6 Å². The van der Waals surface area contributed by atoms with E-state index in [4.69, 9.17) is 5.73 Å². The third kappa shape index (κ3) is 3.07. The second-order valence-electron chi connectivity index (χ2n) is 5.15. The molecule has 1 aromatic carbocycles. The molecule has 4 nitrogen and oxygen atoms in total. The number of anilines is 1. The number of hydrogen-bond donors (Lipinski definition) is 2. The Balaban J connectivity index is 2.24. The molecule has 0 aliphatic carbocycles. The first kappa shape index (κ1) is 13.9. The zero-order valence-electron chi connectivity index (χ0n) is 11.8. The predicted molar refractivity (Wildman–Crippen MR) is 78.6 cm³/mol. The summed E-state index contributed by atoms with van der Waals surface area (Å²) >= 11 is 0. The maximum atomic E-state index is 11.2. The smallest absolute Gasteiger partial charge is 0.248 e. The number of nitrogens with two attached hydrogens (primary N) is 1. The maximum absolute atomic E-state index is 11.2. The molecule has 1 aliphatic heterocycles. The SMILES string of the molecule is CCN(c1ccc(C(N)=O)cc1C)C1CCCNC1.